The van der Waals surface area contributed by atoms with Crippen molar-refractivity contribution >= 4 is 11.8 Å². The number of hydrogen-bond acceptors (Lipinski definition) is 7. The fourth-order valence-corrected chi connectivity index (χ4v) is 3.39. The van der Waals surface area contributed by atoms with Gasteiger partial charge in [0.05, 0.1) is 17.8 Å². The number of rotatable bonds is 5. The molecule has 3 aromatic rings. The van der Waals surface area contributed by atoms with Gasteiger partial charge in [-0.2, -0.15) is 10.1 Å². The van der Waals surface area contributed by atoms with Crippen molar-refractivity contribution in [1.29, 1.82) is 0 Å². The largest absolute Gasteiger partial charge is 0.380 e. The highest BCUT2D eigenvalue weighted by Gasteiger charge is 2.42. The maximum atomic E-state index is 13.2. The molecule has 1 unspecified atom stereocenters. The van der Waals surface area contributed by atoms with Crippen molar-refractivity contribution in [1.82, 2.24) is 25.3 Å². The molecule has 2 aromatic heterocycles. The molecule has 1 aromatic carbocycles. The molecule has 9 heteroatoms. The van der Waals surface area contributed by atoms with Crippen molar-refractivity contribution in [3.05, 3.63) is 53.7 Å². The molecule has 24 heavy (non-hydrogen) atoms. The third kappa shape index (κ3) is 2.80. The summed E-state index contributed by atoms with van der Waals surface area (Å²) in [5, 5.41) is 11.4. The summed E-state index contributed by atoms with van der Waals surface area (Å²) in [6.45, 7) is 1.06. The zero-order valence-corrected chi connectivity index (χ0v) is 13.4. The summed E-state index contributed by atoms with van der Waals surface area (Å²) in [4.78, 5) is 8.56. The lowest BCUT2D eigenvalue weighted by Gasteiger charge is -2.23. The van der Waals surface area contributed by atoms with E-state index in [1.165, 1.54) is 30.2 Å². The molecule has 0 bridgehead atoms. The van der Waals surface area contributed by atoms with Gasteiger partial charge in [-0.05, 0) is 24.1 Å². The lowest BCUT2D eigenvalue weighted by molar-refractivity contribution is 0.182. The molecule has 7 nitrogen and oxygen atoms in total. The smallest absolute Gasteiger partial charge is 0.237 e. The summed E-state index contributed by atoms with van der Waals surface area (Å²) in [5.41, 5.74) is 0.434. The SMILES string of the molecule is Fc1ccc(C2(c3noc(CSc4ncn[nH]4)n3)CCOC2)cc1. The average molecular weight is 347 g/mol. The number of hydrogen-bond donors (Lipinski definition) is 1. The van der Waals surface area contributed by atoms with Crippen LogP contribution in [0, 0.1) is 5.82 Å². The van der Waals surface area contributed by atoms with Gasteiger partial charge in [0.1, 0.15) is 12.1 Å². The van der Waals surface area contributed by atoms with E-state index in [2.05, 4.69) is 25.3 Å². The van der Waals surface area contributed by atoms with Crippen molar-refractivity contribution in [2.45, 2.75) is 22.7 Å². The van der Waals surface area contributed by atoms with Gasteiger partial charge in [0.2, 0.25) is 5.89 Å². The van der Waals surface area contributed by atoms with E-state index in [-0.39, 0.29) is 5.82 Å². The van der Waals surface area contributed by atoms with Crippen molar-refractivity contribution in [2.24, 2.45) is 0 Å². The normalized spacial score (nSPS) is 20.5. The molecule has 124 valence electrons. The summed E-state index contributed by atoms with van der Waals surface area (Å²) in [7, 11) is 0. The molecule has 4 rings (SSSR count). The second-order valence-electron chi connectivity index (χ2n) is 5.48. The Hall–Kier alpha value is -2.26. The van der Waals surface area contributed by atoms with Gasteiger partial charge in [0, 0.05) is 6.61 Å². The van der Waals surface area contributed by atoms with E-state index >= 15 is 0 Å². The first-order valence-electron chi connectivity index (χ1n) is 7.41. The maximum absolute atomic E-state index is 13.2. The van der Waals surface area contributed by atoms with Crippen molar-refractivity contribution in [2.75, 3.05) is 13.2 Å². The van der Waals surface area contributed by atoms with Crippen LogP contribution in [0.25, 0.3) is 0 Å². The van der Waals surface area contributed by atoms with E-state index in [0.29, 0.717) is 35.8 Å². The van der Waals surface area contributed by atoms with Crippen molar-refractivity contribution in [3.63, 3.8) is 0 Å². The second kappa shape index (κ2) is 6.33. The summed E-state index contributed by atoms with van der Waals surface area (Å²) >= 11 is 1.43. The van der Waals surface area contributed by atoms with Crippen LogP contribution >= 0.6 is 11.8 Å². The Kier molecular flexibility index (Phi) is 4.03. The molecule has 1 atom stereocenters. The topological polar surface area (TPSA) is 89.7 Å². The number of nitrogens with zero attached hydrogens (tertiary/aromatic N) is 4. The van der Waals surface area contributed by atoms with Gasteiger partial charge >= 0.3 is 0 Å². The Morgan fingerprint density at radius 1 is 1.29 bits per heavy atom. The van der Waals surface area contributed by atoms with Crippen LogP contribution in [0.4, 0.5) is 4.39 Å². The van der Waals surface area contributed by atoms with Crippen LogP contribution in [0.5, 0.6) is 0 Å². The minimum absolute atomic E-state index is 0.273. The van der Waals surface area contributed by atoms with Crippen LogP contribution in [0.15, 0.2) is 40.3 Å². The predicted molar refractivity (Wildman–Crippen MR) is 82.9 cm³/mol. The Morgan fingerprint density at radius 3 is 2.88 bits per heavy atom. The lowest BCUT2D eigenvalue weighted by atomic mass is 9.79. The molecular formula is C15H14FN5O2S. The third-order valence-corrected chi connectivity index (χ3v) is 4.90. The van der Waals surface area contributed by atoms with E-state index in [1.54, 1.807) is 12.1 Å². The van der Waals surface area contributed by atoms with Gasteiger partial charge in [0.15, 0.2) is 11.0 Å². The Bertz CT molecular complexity index is 800. The molecule has 1 fully saturated rings. The van der Waals surface area contributed by atoms with Gasteiger partial charge in [-0.25, -0.2) is 9.37 Å². The molecule has 1 aliphatic rings. The summed E-state index contributed by atoms with van der Waals surface area (Å²) < 4.78 is 24.2. The zero-order valence-electron chi connectivity index (χ0n) is 12.6. The monoisotopic (exact) mass is 347 g/mol. The molecule has 1 N–H and O–H groups in total. The van der Waals surface area contributed by atoms with Crippen LogP contribution in [0.3, 0.4) is 0 Å². The molecular weight excluding hydrogens is 333 g/mol. The minimum atomic E-state index is -0.494. The Labute approximate surface area is 141 Å². The molecule has 3 heterocycles. The Morgan fingerprint density at radius 2 is 2.17 bits per heavy atom. The van der Waals surface area contributed by atoms with Gasteiger partial charge in [-0.1, -0.05) is 29.1 Å². The first kappa shape index (κ1) is 15.3. The van der Waals surface area contributed by atoms with Crippen LogP contribution in [-0.2, 0) is 15.9 Å². The van der Waals surface area contributed by atoms with Crippen molar-refractivity contribution in [3.8, 4) is 0 Å². The number of benzene rings is 1. The van der Waals surface area contributed by atoms with Crippen LogP contribution < -0.4 is 0 Å². The first-order chi connectivity index (χ1) is 11.8. The number of H-pyrrole nitrogens is 1. The van der Waals surface area contributed by atoms with Crippen molar-refractivity contribution < 1.29 is 13.7 Å². The minimum Gasteiger partial charge on any atom is -0.380 e. The predicted octanol–water partition coefficient (Wildman–Crippen LogP) is 2.33. The second-order valence-corrected chi connectivity index (χ2v) is 6.45. The molecule has 0 aliphatic carbocycles. The van der Waals surface area contributed by atoms with Crippen LogP contribution in [0.2, 0.25) is 0 Å². The molecule has 0 radical (unpaired) electrons. The highest BCUT2D eigenvalue weighted by molar-refractivity contribution is 7.98. The number of aromatic nitrogens is 5. The fraction of sp³-hybridized carbons (Fsp3) is 0.333. The van der Waals surface area contributed by atoms with Gasteiger partial charge in [-0.3, -0.25) is 5.10 Å². The number of nitrogens with one attached hydrogen (secondary N) is 1. The molecule has 0 spiro atoms. The van der Waals surface area contributed by atoms with E-state index in [4.69, 9.17) is 9.26 Å². The molecule has 1 aliphatic heterocycles. The molecule has 1 saturated heterocycles. The van der Waals surface area contributed by atoms with Gasteiger partial charge in [-0.15, -0.1) is 0 Å². The lowest BCUT2D eigenvalue weighted by Crippen LogP contribution is -2.29. The standard InChI is InChI=1S/C15H14FN5O2S/c16-11-3-1-10(2-4-11)15(5-6-22-8-15)13-19-12(23-21-13)7-24-14-17-9-18-20-14/h1-4,9H,5-8H2,(H,17,18,20). The van der Waals surface area contributed by atoms with E-state index in [0.717, 1.165) is 12.0 Å². The van der Waals surface area contributed by atoms with E-state index in [9.17, 15) is 4.39 Å². The third-order valence-electron chi connectivity index (χ3n) is 4.04. The highest BCUT2D eigenvalue weighted by atomic mass is 32.2. The van der Waals surface area contributed by atoms with Gasteiger partial charge < -0.3 is 9.26 Å². The number of thioether (sulfide) groups is 1. The fourth-order valence-electron chi connectivity index (χ4n) is 2.77. The molecule has 0 saturated carbocycles. The maximum Gasteiger partial charge on any atom is 0.237 e. The number of halogens is 1. The average Bonchev–Trinajstić information content (AvgIpc) is 3.34. The van der Waals surface area contributed by atoms with E-state index < -0.39 is 5.41 Å². The first-order valence-corrected chi connectivity index (χ1v) is 8.40. The van der Waals surface area contributed by atoms with Gasteiger partial charge in [0.25, 0.3) is 0 Å². The number of aromatic amines is 1. The van der Waals surface area contributed by atoms with Crippen LogP contribution in [0.1, 0.15) is 23.7 Å². The molecule has 0 amide bonds. The summed E-state index contributed by atoms with van der Waals surface area (Å²) in [5.74, 6) is 1.28. The van der Waals surface area contributed by atoms with Crippen LogP contribution in [-0.4, -0.2) is 38.5 Å². The Balaban J connectivity index is 1.59. The zero-order chi connectivity index (χ0) is 16.4. The number of ether oxygens (including phenoxy) is 1. The highest BCUT2D eigenvalue weighted by Crippen LogP contribution is 2.38. The summed E-state index contributed by atoms with van der Waals surface area (Å²) in [6.07, 6.45) is 2.17. The quantitative estimate of drug-likeness (QED) is 0.708. The van der Waals surface area contributed by atoms with E-state index in [1.807, 2.05) is 0 Å². The summed E-state index contributed by atoms with van der Waals surface area (Å²) in [6, 6.07) is 6.39.